The van der Waals surface area contributed by atoms with Gasteiger partial charge < -0.3 is 21.1 Å². The largest absolute Gasteiger partial charge is 0.504 e. The van der Waals surface area contributed by atoms with Gasteiger partial charge in [0.2, 0.25) is 5.75 Å². The zero-order valence-corrected chi connectivity index (χ0v) is 13.5. The Labute approximate surface area is 139 Å². The van der Waals surface area contributed by atoms with E-state index >= 15 is 0 Å². The zero-order chi connectivity index (χ0) is 17.1. The molecule has 23 heavy (non-hydrogen) atoms. The fourth-order valence-corrected chi connectivity index (χ4v) is 2.13. The van der Waals surface area contributed by atoms with Crippen molar-refractivity contribution in [3.8, 4) is 17.2 Å². The van der Waals surface area contributed by atoms with Crippen molar-refractivity contribution in [2.24, 2.45) is 10.8 Å². The molecule has 0 aromatic heterocycles. The Morgan fingerprint density at radius 1 is 1.04 bits per heavy atom. The molecule has 0 unspecified atom stereocenters. The molecule has 0 radical (unpaired) electrons. The van der Waals surface area contributed by atoms with Gasteiger partial charge in [0.1, 0.15) is 0 Å². The lowest BCUT2D eigenvalue weighted by Gasteiger charge is -2.19. The molecule has 0 saturated heterocycles. The monoisotopic (exact) mass is 331 g/mol. The van der Waals surface area contributed by atoms with E-state index in [1.54, 1.807) is 6.92 Å². The van der Waals surface area contributed by atoms with Gasteiger partial charge >= 0.3 is 0 Å². The number of hydrogen-bond acceptors (Lipinski definition) is 5. The quantitative estimate of drug-likeness (QED) is 0.298. The third-order valence-corrected chi connectivity index (χ3v) is 3.43. The van der Waals surface area contributed by atoms with Crippen LogP contribution in [0, 0.1) is 6.92 Å². The molecule has 2 rings (SSSR count). The summed E-state index contributed by atoms with van der Waals surface area (Å²) in [5.41, 5.74) is 8.10. The molecule has 0 amide bonds. The first-order valence-electron chi connectivity index (χ1n) is 6.77. The molecule has 0 fully saturated rings. The SMILES string of the molecule is C/C(=N\N(C(N)=S)c1ccc(C)cc1)c1ccc(O)c(O)c1O. The van der Waals surface area contributed by atoms with Gasteiger partial charge in [-0.15, -0.1) is 0 Å². The molecular formula is C16H17N3O3S. The third-order valence-electron chi connectivity index (χ3n) is 3.26. The van der Waals surface area contributed by atoms with Crippen molar-refractivity contribution in [2.75, 3.05) is 5.01 Å². The summed E-state index contributed by atoms with van der Waals surface area (Å²) in [5, 5.41) is 34.6. The van der Waals surface area contributed by atoms with Crippen LogP contribution >= 0.6 is 12.2 Å². The smallest absolute Gasteiger partial charge is 0.200 e. The summed E-state index contributed by atoms with van der Waals surface area (Å²) in [6.07, 6.45) is 0. The van der Waals surface area contributed by atoms with Crippen molar-refractivity contribution in [2.45, 2.75) is 13.8 Å². The van der Waals surface area contributed by atoms with Gasteiger partial charge in [0.05, 0.1) is 11.4 Å². The number of thiocarbonyl (C=S) groups is 1. The summed E-state index contributed by atoms with van der Waals surface area (Å²) >= 11 is 5.02. The van der Waals surface area contributed by atoms with Gasteiger partial charge in [0, 0.05) is 5.56 Å². The van der Waals surface area contributed by atoms with Crippen molar-refractivity contribution < 1.29 is 15.3 Å². The zero-order valence-electron chi connectivity index (χ0n) is 12.7. The Balaban J connectivity index is 2.46. The van der Waals surface area contributed by atoms with Gasteiger partial charge in [-0.05, 0) is 50.3 Å². The lowest BCUT2D eigenvalue weighted by Crippen LogP contribution is -2.31. The second-order valence-corrected chi connectivity index (χ2v) is 5.42. The van der Waals surface area contributed by atoms with Crippen LogP contribution in [-0.2, 0) is 0 Å². The van der Waals surface area contributed by atoms with Crippen LogP contribution in [0.4, 0.5) is 5.69 Å². The molecule has 0 saturated carbocycles. The Morgan fingerprint density at radius 2 is 1.65 bits per heavy atom. The van der Waals surface area contributed by atoms with Crippen molar-refractivity contribution in [1.29, 1.82) is 0 Å². The second kappa shape index (κ2) is 6.53. The minimum Gasteiger partial charge on any atom is -0.504 e. The van der Waals surface area contributed by atoms with Gasteiger partial charge in [0.25, 0.3) is 0 Å². The minimum atomic E-state index is -0.603. The lowest BCUT2D eigenvalue weighted by molar-refractivity contribution is 0.367. The van der Waals surface area contributed by atoms with E-state index in [0.717, 1.165) is 5.56 Å². The van der Waals surface area contributed by atoms with Gasteiger partial charge in [-0.2, -0.15) is 5.10 Å². The number of benzene rings is 2. The van der Waals surface area contributed by atoms with Crippen LogP contribution in [0.25, 0.3) is 0 Å². The summed E-state index contributed by atoms with van der Waals surface area (Å²) in [6.45, 7) is 3.59. The topological polar surface area (TPSA) is 102 Å². The molecule has 0 aliphatic carbocycles. The molecule has 0 spiro atoms. The normalized spacial score (nSPS) is 11.3. The molecule has 0 heterocycles. The average Bonchev–Trinajstić information content (AvgIpc) is 2.51. The first-order chi connectivity index (χ1) is 10.8. The van der Waals surface area contributed by atoms with Gasteiger partial charge in [-0.1, -0.05) is 17.7 Å². The third kappa shape index (κ3) is 3.51. The molecule has 7 heteroatoms. The van der Waals surface area contributed by atoms with Crippen molar-refractivity contribution in [3.63, 3.8) is 0 Å². The van der Waals surface area contributed by atoms with E-state index in [-0.39, 0.29) is 10.7 Å². The van der Waals surface area contributed by atoms with Crippen molar-refractivity contribution >= 4 is 28.7 Å². The van der Waals surface area contributed by atoms with E-state index in [2.05, 4.69) is 5.10 Å². The number of nitrogens with two attached hydrogens (primary N) is 1. The standard InChI is InChI=1S/C16H17N3O3S/c1-9-3-5-11(6-4-9)19(16(17)23)18-10(2)12-7-8-13(20)15(22)14(12)21/h3-8,20-22H,1-2H3,(H2,17,23)/b18-10+. The predicted octanol–water partition coefficient (Wildman–Crippen LogP) is 2.59. The first kappa shape index (κ1) is 16.6. The maximum Gasteiger partial charge on any atom is 0.200 e. The van der Waals surface area contributed by atoms with Crippen LogP contribution in [0.3, 0.4) is 0 Å². The number of aromatic hydroxyl groups is 3. The van der Waals surface area contributed by atoms with E-state index < -0.39 is 17.2 Å². The van der Waals surface area contributed by atoms with Gasteiger partial charge in [-0.25, -0.2) is 5.01 Å². The Kier molecular flexibility index (Phi) is 4.71. The summed E-state index contributed by atoms with van der Waals surface area (Å²) in [4.78, 5) is 0. The minimum absolute atomic E-state index is 0.0377. The average molecular weight is 331 g/mol. The highest BCUT2D eigenvalue weighted by atomic mass is 32.1. The summed E-state index contributed by atoms with van der Waals surface area (Å²) in [5.74, 6) is -1.48. The van der Waals surface area contributed by atoms with Gasteiger partial charge in [-0.3, -0.25) is 0 Å². The highest BCUT2D eigenvalue weighted by Gasteiger charge is 2.15. The molecule has 2 aromatic carbocycles. The van der Waals surface area contributed by atoms with E-state index in [4.69, 9.17) is 18.0 Å². The second-order valence-electron chi connectivity index (χ2n) is 5.00. The number of nitrogens with zero attached hydrogens (tertiary/aromatic N) is 2. The summed E-state index contributed by atoms with van der Waals surface area (Å²) < 4.78 is 0. The number of anilines is 1. The molecule has 0 aliphatic rings. The molecule has 2 aromatic rings. The molecule has 0 aliphatic heterocycles. The number of rotatable bonds is 3. The Bertz CT molecular complexity index is 773. The number of hydrazone groups is 1. The first-order valence-corrected chi connectivity index (χ1v) is 7.17. The Morgan fingerprint density at radius 3 is 2.22 bits per heavy atom. The maximum atomic E-state index is 9.93. The van der Waals surface area contributed by atoms with Crippen LogP contribution < -0.4 is 10.7 Å². The van der Waals surface area contributed by atoms with Crippen LogP contribution in [0.15, 0.2) is 41.5 Å². The van der Waals surface area contributed by atoms with E-state index in [1.165, 1.54) is 17.1 Å². The molecule has 0 atom stereocenters. The molecule has 120 valence electrons. The highest BCUT2D eigenvalue weighted by molar-refractivity contribution is 7.80. The molecular weight excluding hydrogens is 314 g/mol. The van der Waals surface area contributed by atoms with Gasteiger partial charge in [0.15, 0.2) is 16.6 Å². The van der Waals surface area contributed by atoms with E-state index in [0.29, 0.717) is 11.4 Å². The highest BCUT2D eigenvalue weighted by Crippen LogP contribution is 2.37. The van der Waals surface area contributed by atoms with Crippen molar-refractivity contribution in [1.82, 2.24) is 0 Å². The van der Waals surface area contributed by atoms with Crippen LogP contribution in [0.2, 0.25) is 0 Å². The molecule has 5 N–H and O–H groups in total. The molecule has 0 bridgehead atoms. The summed E-state index contributed by atoms with van der Waals surface area (Å²) in [6, 6.07) is 10.1. The van der Waals surface area contributed by atoms with Crippen molar-refractivity contribution in [3.05, 3.63) is 47.5 Å². The fraction of sp³-hybridized carbons (Fsp3) is 0.125. The van der Waals surface area contributed by atoms with Crippen LogP contribution in [0.5, 0.6) is 17.2 Å². The fourth-order valence-electron chi connectivity index (χ4n) is 1.99. The van der Waals surface area contributed by atoms with E-state index in [9.17, 15) is 15.3 Å². The van der Waals surface area contributed by atoms with Crippen LogP contribution in [0.1, 0.15) is 18.1 Å². The Hall–Kier alpha value is -2.80. The number of hydrogen-bond donors (Lipinski definition) is 4. The predicted molar refractivity (Wildman–Crippen MR) is 94.1 cm³/mol. The lowest BCUT2D eigenvalue weighted by atomic mass is 10.1. The number of phenols is 3. The van der Waals surface area contributed by atoms with E-state index in [1.807, 2.05) is 31.2 Å². The number of aryl methyl sites for hydroxylation is 1. The molecule has 6 nitrogen and oxygen atoms in total. The van der Waals surface area contributed by atoms with Crippen LogP contribution in [-0.4, -0.2) is 26.1 Å². The summed E-state index contributed by atoms with van der Waals surface area (Å²) in [7, 11) is 0. The number of phenolic OH excluding ortho intramolecular Hbond substituents is 3. The maximum absolute atomic E-state index is 9.93.